The Bertz CT molecular complexity index is 1730. The van der Waals surface area contributed by atoms with Gasteiger partial charge in [0.2, 0.25) is 10.0 Å². The van der Waals surface area contributed by atoms with Crippen LogP contribution in [0.1, 0.15) is 30.5 Å². The van der Waals surface area contributed by atoms with Crippen LogP contribution in [0.3, 0.4) is 0 Å². The van der Waals surface area contributed by atoms with Crippen molar-refractivity contribution in [2.45, 2.75) is 32.9 Å². The van der Waals surface area contributed by atoms with E-state index < -0.39 is 16.1 Å². The fourth-order valence-corrected chi connectivity index (χ4v) is 6.76. The number of rotatable bonds is 6. The summed E-state index contributed by atoms with van der Waals surface area (Å²) in [5.74, 6) is 2.47. The molecule has 1 aromatic carbocycles. The number of hydrogen-bond donors (Lipinski definition) is 0. The van der Waals surface area contributed by atoms with Crippen molar-refractivity contribution in [1.82, 2.24) is 19.5 Å². The number of imidazole rings is 1. The smallest absolute Gasteiger partial charge is 0.428 e. The Labute approximate surface area is 232 Å². The quantitative estimate of drug-likeness (QED) is 0.335. The van der Waals surface area contributed by atoms with Gasteiger partial charge in [-0.1, -0.05) is 6.07 Å². The first kappa shape index (κ1) is 25.8. The Morgan fingerprint density at radius 2 is 1.93 bits per heavy atom. The summed E-state index contributed by atoms with van der Waals surface area (Å²) in [5.41, 5.74) is 4.59. The normalized spacial score (nSPS) is 14.6. The van der Waals surface area contributed by atoms with E-state index in [2.05, 4.69) is 39.3 Å². The SMILES string of the molecule is CCOC(=O)N1c2cccc(OCCc3cnc4c(c3)-c3nccn3-c3c(C)ccnc3N4CC)c2CS1(=O)=O. The van der Waals surface area contributed by atoms with Crippen molar-refractivity contribution in [3.8, 4) is 22.8 Å². The monoisotopic (exact) mass is 560 g/mol. The number of aromatic nitrogens is 4. The van der Waals surface area contributed by atoms with E-state index in [4.69, 9.17) is 14.5 Å². The molecule has 11 nitrogen and oxygen atoms in total. The number of fused-ring (bicyclic) bond motifs is 6. The Balaban J connectivity index is 1.27. The van der Waals surface area contributed by atoms with Crippen LogP contribution in [0, 0.1) is 6.92 Å². The Morgan fingerprint density at radius 3 is 2.73 bits per heavy atom. The number of sulfonamides is 1. The molecule has 0 spiro atoms. The molecule has 5 heterocycles. The number of nitrogens with zero attached hydrogens (tertiary/aromatic N) is 6. The first-order chi connectivity index (χ1) is 19.3. The van der Waals surface area contributed by atoms with Crippen LogP contribution in [0.25, 0.3) is 17.1 Å². The number of hydrogen-bond acceptors (Lipinski definition) is 9. The van der Waals surface area contributed by atoms with Crippen LogP contribution >= 0.6 is 0 Å². The average molecular weight is 561 g/mol. The van der Waals surface area contributed by atoms with E-state index in [-0.39, 0.29) is 24.7 Å². The van der Waals surface area contributed by atoms with Crippen molar-refractivity contribution in [1.29, 1.82) is 0 Å². The van der Waals surface area contributed by atoms with Crippen LogP contribution in [0.4, 0.5) is 22.1 Å². The molecule has 0 bridgehead atoms. The molecule has 3 aromatic heterocycles. The molecule has 0 N–H and O–H groups in total. The number of ether oxygens (including phenoxy) is 2. The number of amides is 1. The second kappa shape index (κ2) is 9.94. The largest absolute Gasteiger partial charge is 0.493 e. The third-order valence-corrected chi connectivity index (χ3v) is 8.55. The third-order valence-electron chi connectivity index (χ3n) is 6.99. The molecule has 1 amide bonds. The lowest BCUT2D eigenvalue weighted by atomic mass is 10.1. The summed E-state index contributed by atoms with van der Waals surface area (Å²) in [6.45, 7) is 6.79. The summed E-state index contributed by atoms with van der Waals surface area (Å²) in [4.78, 5) is 28.6. The van der Waals surface area contributed by atoms with Crippen LogP contribution in [0.5, 0.6) is 5.75 Å². The van der Waals surface area contributed by atoms with Gasteiger partial charge in [-0.25, -0.2) is 28.2 Å². The lowest BCUT2D eigenvalue weighted by Gasteiger charge is -2.23. The zero-order valence-electron chi connectivity index (χ0n) is 22.4. The van der Waals surface area contributed by atoms with Gasteiger partial charge in [-0.2, -0.15) is 4.31 Å². The summed E-state index contributed by atoms with van der Waals surface area (Å²) in [5, 5.41) is 0. The molecule has 0 saturated heterocycles. The summed E-state index contributed by atoms with van der Waals surface area (Å²) in [6, 6.07) is 9.01. The number of aryl methyl sites for hydroxylation is 1. The fourth-order valence-electron chi connectivity index (χ4n) is 5.23. The van der Waals surface area contributed by atoms with Gasteiger partial charge in [0.15, 0.2) is 5.82 Å². The summed E-state index contributed by atoms with van der Waals surface area (Å²) in [6.07, 6.45) is 6.95. The van der Waals surface area contributed by atoms with Crippen LogP contribution in [-0.2, 0) is 26.9 Å². The zero-order chi connectivity index (χ0) is 28.0. The maximum absolute atomic E-state index is 12.7. The molecule has 0 aliphatic carbocycles. The molecule has 2 aliphatic rings. The lowest BCUT2D eigenvalue weighted by Crippen LogP contribution is -2.34. The van der Waals surface area contributed by atoms with E-state index in [0.717, 1.165) is 39.8 Å². The van der Waals surface area contributed by atoms with Gasteiger partial charge in [0.25, 0.3) is 0 Å². The third kappa shape index (κ3) is 4.15. The minimum absolute atomic E-state index is 0.0731. The molecule has 0 radical (unpaired) electrons. The van der Waals surface area contributed by atoms with E-state index >= 15 is 0 Å². The van der Waals surface area contributed by atoms with Gasteiger partial charge in [-0.3, -0.25) is 4.57 Å². The van der Waals surface area contributed by atoms with E-state index in [1.54, 1.807) is 31.3 Å². The van der Waals surface area contributed by atoms with Crippen molar-refractivity contribution in [2.24, 2.45) is 0 Å². The predicted molar refractivity (Wildman–Crippen MR) is 150 cm³/mol. The number of carbonyl (C=O) groups is 1. The van der Waals surface area contributed by atoms with E-state index in [0.29, 0.717) is 28.6 Å². The first-order valence-electron chi connectivity index (χ1n) is 13.0. The highest BCUT2D eigenvalue weighted by atomic mass is 32.2. The van der Waals surface area contributed by atoms with Gasteiger partial charge in [-0.15, -0.1) is 0 Å². The molecule has 40 heavy (non-hydrogen) atoms. The molecule has 2 aliphatic heterocycles. The van der Waals surface area contributed by atoms with Crippen LogP contribution in [0.2, 0.25) is 0 Å². The molecule has 0 atom stereocenters. The van der Waals surface area contributed by atoms with E-state index in [1.807, 2.05) is 24.7 Å². The van der Waals surface area contributed by atoms with Gasteiger partial charge in [0, 0.05) is 43.3 Å². The number of carbonyl (C=O) groups excluding carboxylic acids is 1. The molecular weight excluding hydrogens is 532 g/mol. The second-order valence-corrected chi connectivity index (χ2v) is 11.3. The van der Waals surface area contributed by atoms with E-state index in [9.17, 15) is 13.2 Å². The molecule has 12 heteroatoms. The Kier molecular flexibility index (Phi) is 6.41. The molecule has 0 fully saturated rings. The minimum atomic E-state index is -3.89. The Morgan fingerprint density at radius 1 is 1.07 bits per heavy atom. The molecule has 4 aromatic rings. The van der Waals surface area contributed by atoms with Gasteiger partial charge in [0.05, 0.1) is 30.2 Å². The average Bonchev–Trinajstić information content (AvgIpc) is 3.48. The first-order valence-corrected chi connectivity index (χ1v) is 14.7. The highest BCUT2D eigenvalue weighted by Gasteiger charge is 2.40. The predicted octanol–water partition coefficient (Wildman–Crippen LogP) is 4.54. The molecular formula is C28H28N6O5S. The fraction of sp³-hybridized carbons (Fsp3) is 0.286. The number of pyridine rings is 2. The second-order valence-electron chi connectivity index (χ2n) is 9.45. The summed E-state index contributed by atoms with van der Waals surface area (Å²) >= 11 is 0. The highest BCUT2D eigenvalue weighted by Crippen LogP contribution is 2.42. The summed E-state index contributed by atoms with van der Waals surface area (Å²) < 4.78 is 39.2. The molecule has 0 saturated carbocycles. The number of anilines is 3. The highest BCUT2D eigenvalue weighted by molar-refractivity contribution is 7.93. The molecule has 206 valence electrons. The van der Waals surface area contributed by atoms with Crippen molar-refractivity contribution >= 4 is 33.4 Å². The van der Waals surface area contributed by atoms with Crippen LogP contribution in [0.15, 0.2) is 55.1 Å². The topological polar surface area (TPSA) is 120 Å². The zero-order valence-corrected chi connectivity index (χ0v) is 23.2. The van der Waals surface area contributed by atoms with Crippen LogP contribution in [-0.4, -0.2) is 53.8 Å². The summed E-state index contributed by atoms with van der Waals surface area (Å²) in [7, 11) is -3.89. The van der Waals surface area contributed by atoms with Gasteiger partial charge >= 0.3 is 6.09 Å². The molecule has 6 rings (SSSR count). The van der Waals surface area contributed by atoms with E-state index in [1.165, 1.54) is 0 Å². The van der Waals surface area contributed by atoms with Gasteiger partial charge < -0.3 is 14.4 Å². The van der Waals surface area contributed by atoms with Crippen LogP contribution < -0.4 is 13.9 Å². The maximum Gasteiger partial charge on any atom is 0.428 e. The van der Waals surface area contributed by atoms with Crippen molar-refractivity contribution in [3.05, 3.63) is 71.8 Å². The van der Waals surface area contributed by atoms with Crippen molar-refractivity contribution < 1.29 is 22.7 Å². The minimum Gasteiger partial charge on any atom is -0.493 e. The number of benzene rings is 1. The standard InChI is InChI=1S/C28H28N6O5S/c1-4-32-26-20(25-30-12-13-33(25)24-18(3)9-11-29-27(24)32)15-19(16-31-26)10-14-39-23-8-6-7-22-21(23)17-40(36,37)34(22)28(35)38-5-2/h6-9,11-13,15-16H,4-5,10,14,17H2,1-3H3. The maximum atomic E-state index is 12.7. The lowest BCUT2D eigenvalue weighted by molar-refractivity contribution is 0.164. The molecule has 0 unspecified atom stereocenters. The van der Waals surface area contributed by atoms with Crippen molar-refractivity contribution in [3.63, 3.8) is 0 Å². The van der Waals surface area contributed by atoms with Gasteiger partial charge in [0.1, 0.15) is 23.1 Å². The van der Waals surface area contributed by atoms with Crippen molar-refractivity contribution in [2.75, 3.05) is 29.0 Å². The van der Waals surface area contributed by atoms with Gasteiger partial charge in [-0.05, 0) is 56.2 Å². The Hall–Kier alpha value is -4.45.